The predicted octanol–water partition coefficient (Wildman–Crippen LogP) is 2.83. The summed E-state index contributed by atoms with van der Waals surface area (Å²) in [5.41, 5.74) is 1.70. The summed E-state index contributed by atoms with van der Waals surface area (Å²) in [5, 5.41) is 0. The minimum Gasteiger partial charge on any atom is -0.354 e. The van der Waals surface area contributed by atoms with Crippen molar-refractivity contribution in [1.29, 1.82) is 0 Å². The zero-order valence-corrected chi connectivity index (χ0v) is 9.43. The molecule has 1 heterocycles. The Morgan fingerprint density at radius 1 is 1.47 bits per heavy atom. The van der Waals surface area contributed by atoms with Gasteiger partial charge in [0.05, 0.1) is 6.54 Å². The third-order valence-corrected chi connectivity index (χ3v) is 2.42. The Bertz CT molecular complexity index is 331. The van der Waals surface area contributed by atoms with E-state index < -0.39 is 6.43 Å². The number of hydrogen-bond acceptors (Lipinski definition) is 2. The van der Waals surface area contributed by atoms with E-state index >= 15 is 0 Å². The third-order valence-electron chi connectivity index (χ3n) is 2.13. The highest BCUT2D eigenvalue weighted by atomic mass is 35.5. The maximum atomic E-state index is 12.1. The first-order valence-corrected chi connectivity index (χ1v) is 5.09. The molecule has 0 unspecified atom stereocenters. The Hall–Kier alpha value is -0.900. The second kappa shape index (κ2) is 5.26. The highest BCUT2D eigenvalue weighted by molar-refractivity contribution is 6.17. The van der Waals surface area contributed by atoms with Crippen LogP contribution in [-0.4, -0.2) is 25.0 Å². The fourth-order valence-corrected chi connectivity index (χ4v) is 1.51. The van der Waals surface area contributed by atoms with Gasteiger partial charge in [0.1, 0.15) is 5.82 Å². The molecule has 84 valence electrons. The topological polar surface area (TPSA) is 16.1 Å². The van der Waals surface area contributed by atoms with E-state index in [-0.39, 0.29) is 6.54 Å². The van der Waals surface area contributed by atoms with Crippen molar-refractivity contribution in [3.8, 4) is 0 Å². The van der Waals surface area contributed by atoms with Crippen LogP contribution in [-0.2, 0) is 5.88 Å². The van der Waals surface area contributed by atoms with Gasteiger partial charge in [-0.3, -0.25) is 0 Å². The lowest BCUT2D eigenvalue weighted by atomic mass is 10.2. The molecule has 0 aromatic carbocycles. The molecule has 5 heteroatoms. The highest BCUT2D eigenvalue weighted by Gasteiger charge is 2.10. The molecule has 0 N–H and O–H groups in total. The number of nitrogens with zero attached hydrogens (tertiary/aromatic N) is 2. The zero-order valence-electron chi connectivity index (χ0n) is 8.67. The molecule has 0 saturated heterocycles. The van der Waals surface area contributed by atoms with Crippen LogP contribution in [0.1, 0.15) is 11.3 Å². The van der Waals surface area contributed by atoms with Gasteiger partial charge in [-0.05, 0) is 18.6 Å². The molecule has 1 rings (SSSR count). The first-order chi connectivity index (χ1) is 7.04. The standard InChI is InChI=1S/C10H13ClF2N2/c1-7-8(5-11)3-4-10(14-7)15(2)6-9(12)13/h3-4,9H,5-6H2,1-2H3. The van der Waals surface area contributed by atoms with Gasteiger partial charge >= 0.3 is 0 Å². The molecular formula is C10H13ClF2N2. The first-order valence-electron chi connectivity index (χ1n) is 4.56. The van der Waals surface area contributed by atoms with Crippen molar-refractivity contribution < 1.29 is 8.78 Å². The van der Waals surface area contributed by atoms with E-state index in [2.05, 4.69) is 4.98 Å². The van der Waals surface area contributed by atoms with Gasteiger partial charge in [-0.25, -0.2) is 13.8 Å². The lowest BCUT2D eigenvalue weighted by molar-refractivity contribution is 0.156. The number of alkyl halides is 3. The van der Waals surface area contributed by atoms with Gasteiger partial charge in [0, 0.05) is 18.6 Å². The van der Waals surface area contributed by atoms with Crippen LogP contribution in [0.5, 0.6) is 0 Å². The molecule has 1 aromatic heterocycles. The Kier molecular flexibility index (Phi) is 4.27. The van der Waals surface area contributed by atoms with Crippen molar-refractivity contribution in [3.05, 3.63) is 23.4 Å². The number of aryl methyl sites for hydroxylation is 1. The predicted molar refractivity (Wildman–Crippen MR) is 57.8 cm³/mol. The molecule has 0 aliphatic carbocycles. The Morgan fingerprint density at radius 3 is 2.60 bits per heavy atom. The van der Waals surface area contributed by atoms with Crippen molar-refractivity contribution in [3.63, 3.8) is 0 Å². The summed E-state index contributed by atoms with van der Waals surface area (Å²) in [4.78, 5) is 5.63. The molecule has 0 saturated carbocycles. The number of aromatic nitrogens is 1. The molecule has 0 aliphatic rings. The van der Waals surface area contributed by atoms with Crippen molar-refractivity contribution in [2.75, 3.05) is 18.5 Å². The Balaban J connectivity index is 2.82. The van der Waals surface area contributed by atoms with E-state index in [9.17, 15) is 8.78 Å². The smallest absolute Gasteiger partial charge is 0.255 e. The molecule has 1 aromatic rings. The van der Waals surface area contributed by atoms with Crippen molar-refractivity contribution in [2.24, 2.45) is 0 Å². The lowest BCUT2D eigenvalue weighted by Gasteiger charge is -2.18. The quantitative estimate of drug-likeness (QED) is 0.745. The normalized spacial score (nSPS) is 10.8. The summed E-state index contributed by atoms with van der Waals surface area (Å²) in [6, 6.07) is 3.51. The van der Waals surface area contributed by atoms with Gasteiger partial charge < -0.3 is 4.90 Å². The average molecular weight is 235 g/mol. The third kappa shape index (κ3) is 3.30. The monoisotopic (exact) mass is 234 g/mol. The van der Waals surface area contributed by atoms with Gasteiger partial charge in [-0.15, -0.1) is 11.6 Å². The van der Waals surface area contributed by atoms with Crippen molar-refractivity contribution >= 4 is 17.4 Å². The van der Waals surface area contributed by atoms with E-state index in [4.69, 9.17) is 11.6 Å². The second-order valence-electron chi connectivity index (χ2n) is 3.32. The number of rotatable bonds is 4. The Morgan fingerprint density at radius 2 is 2.13 bits per heavy atom. The maximum absolute atomic E-state index is 12.1. The zero-order chi connectivity index (χ0) is 11.4. The molecule has 0 aliphatic heterocycles. The van der Waals surface area contributed by atoms with Crippen LogP contribution in [0.25, 0.3) is 0 Å². The SMILES string of the molecule is Cc1nc(N(C)CC(F)F)ccc1CCl. The van der Waals surface area contributed by atoms with Crippen LogP contribution < -0.4 is 4.90 Å². The molecule has 0 spiro atoms. The van der Waals surface area contributed by atoms with Crippen molar-refractivity contribution in [2.45, 2.75) is 19.2 Å². The van der Waals surface area contributed by atoms with E-state index in [1.807, 2.05) is 13.0 Å². The Labute approximate surface area is 92.9 Å². The maximum Gasteiger partial charge on any atom is 0.255 e. The van der Waals surface area contributed by atoms with Gasteiger partial charge in [-0.1, -0.05) is 6.07 Å². The van der Waals surface area contributed by atoms with Gasteiger partial charge in [0.2, 0.25) is 0 Å². The van der Waals surface area contributed by atoms with E-state index in [0.717, 1.165) is 11.3 Å². The summed E-state index contributed by atoms with van der Waals surface area (Å²) in [7, 11) is 1.59. The van der Waals surface area contributed by atoms with Crippen LogP contribution >= 0.6 is 11.6 Å². The molecule has 0 radical (unpaired) electrons. The second-order valence-corrected chi connectivity index (χ2v) is 3.59. The molecule has 2 nitrogen and oxygen atoms in total. The lowest BCUT2D eigenvalue weighted by Crippen LogP contribution is -2.25. The van der Waals surface area contributed by atoms with Crippen molar-refractivity contribution in [1.82, 2.24) is 4.98 Å². The van der Waals surface area contributed by atoms with Gasteiger partial charge in [0.15, 0.2) is 0 Å². The summed E-state index contributed by atoms with van der Waals surface area (Å²) < 4.78 is 24.3. The minimum absolute atomic E-state index is 0.313. The van der Waals surface area contributed by atoms with Crippen LogP contribution in [0.2, 0.25) is 0 Å². The van der Waals surface area contributed by atoms with Crippen LogP contribution in [0.15, 0.2) is 12.1 Å². The van der Waals surface area contributed by atoms with E-state index in [1.54, 1.807) is 13.1 Å². The number of pyridine rings is 1. The summed E-state index contributed by atoms with van der Waals surface area (Å²) in [6.45, 7) is 1.50. The first kappa shape index (κ1) is 12.2. The summed E-state index contributed by atoms with van der Waals surface area (Å²) in [6.07, 6.45) is -2.36. The van der Waals surface area contributed by atoms with E-state index in [1.165, 1.54) is 4.90 Å². The molecule has 0 fully saturated rings. The average Bonchev–Trinajstić information content (AvgIpc) is 2.16. The molecule has 0 amide bonds. The molecular weight excluding hydrogens is 222 g/mol. The van der Waals surface area contributed by atoms with Crippen LogP contribution in [0.4, 0.5) is 14.6 Å². The largest absolute Gasteiger partial charge is 0.354 e. The number of hydrogen-bond donors (Lipinski definition) is 0. The van der Waals surface area contributed by atoms with Crippen LogP contribution in [0, 0.1) is 6.92 Å². The molecule has 0 bridgehead atoms. The molecule has 0 atom stereocenters. The summed E-state index contributed by atoms with van der Waals surface area (Å²) >= 11 is 5.67. The van der Waals surface area contributed by atoms with Gasteiger partial charge in [0.25, 0.3) is 6.43 Å². The van der Waals surface area contributed by atoms with Crippen LogP contribution in [0.3, 0.4) is 0 Å². The summed E-state index contributed by atoms with van der Waals surface area (Å²) in [5.74, 6) is 0.930. The number of anilines is 1. The molecule has 15 heavy (non-hydrogen) atoms. The fourth-order valence-electron chi connectivity index (χ4n) is 1.23. The van der Waals surface area contributed by atoms with E-state index in [0.29, 0.717) is 11.7 Å². The van der Waals surface area contributed by atoms with Gasteiger partial charge in [-0.2, -0.15) is 0 Å². The highest BCUT2D eigenvalue weighted by Crippen LogP contribution is 2.15. The minimum atomic E-state index is -2.36. The number of halogens is 3. The fraction of sp³-hybridized carbons (Fsp3) is 0.500.